The van der Waals surface area contributed by atoms with Crippen LogP contribution in [0.2, 0.25) is 0 Å². The summed E-state index contributed by atoms with van der Waals surface area (Å²) in [5, 5.41) is 21.0. The normalized spacial score (nSPS) is 15.1. The van der Waals surface area contributed by atoms with Crippen LogP contribution < -0.4 is 9.74 Å². The van der Waals surface area contributed by atoms with Gasteiger partial charge in [-0.1, -0.05) is 42.4 Å². The van der Waals surface area contributed by atoms with E-state index < -0.39 is 4.92 Å². The second kappa shape index (κ2) is 9.72. The van der Waals surface area contributed by atoms with Crippen LogP contribution in [0.1, 0.15) is 62.9 Å². The Morgan fingerprint density at radius 2 is 2.03 bits per heavy atom. The maximum atomic E-state index is 12.0. The second-order valence-electron chi connectivity index (χ2n) is 8.93. The lowest BCUT2D eigenvalue weighted by Gasteiger charge is -2.30. The number of anilines is 1. The summed E-state index contributed by atoms with van der Waals surface area (Å²) in [4.78, 5) is 31.4. The second-order valence-corrected chi connectivity index (χ2v) is 8.93. The van der Waals surface area contributed by atoms with Crippen molar-refractivity contribution in [3.63, 3.8) is 0 Å². The number of nitrogens with zero attached hydrogens (tertiary/aromatic N) is 7. The summed E-state index contributed by atoms with van der Waals surface area (Å²) in [5.41, 5.74) is 0.792. The Hall–Kier alpha value is -4.35. The van der Waals surface area contributed by atoms with Crippen molar-refractivity contribution in [3.8, 4) is 5.88 Å². The maximum Gasteiger partial charge on any atom is 0.375 e. The van der Waals surface area contributed by atoms with Gasteiger partial charge in [-0.25, -0.2) is 4.98 Å². The Labute approximate surface area is 206 Å². The average Bonchev–Trinajstić information content (AvgIpc) is 3.55. The molecule has 4 heterocycles. The number of furan rings is 1. The van der Waals surface area contributed by atoms with Crippen LogP contribution in [0.4, 0.5) is 11.5 Å². The summed E-state index contributed by atoms with van der Waals surface area (Å²) in [6.07, 6.45) is 2.63. The third-order valence-corrected chi connectivity index (χ3v) is 6.12. The van der Waals surface area contributed by atoms with E-state index in [9.17, 15) is 10.1 Å². The molecular formula is C24H25N7O5. The zero-order chi connectivity index (χ0) is 25.2. The molecule has 0 unspecified atom stereocenters. The molecule has 0 atom stereocenters. The molecular weight excluding hydrogens is 466 g/mol. The largest absolute Gasteiger partial charge is 0.455 e. The van der Waals surface area contributed by atoms with Crippen molar-refractivity contribution in [1.82, 2.24) is 20.1 Å². The molecule has 0 aliphatic carbocycles. The van der Waals surface area contributed by atoms with Gasteiger partial charge in [0, 0.05) is 30.3 Å². The van der Waals surface area contributed by atoms with Crippen LogP contribution in [0.3, 0.4) is 0 Å². The lowest BCUT2D eigenvalue weighted by atomic mass is 9.96. The highest BCUT2D eigenvalue weighted by molar-refractivity contribution is 5.99. The van der Waals surface area contributed by atoms with Gasteiger partial charge in [0.15, 0.2) is 11.6 Å². The van der Waals surface area contributed by atoms with Gasteiger partial charge in [-0.05, 0) is 31.9 Å². The van der Waals surface area contributed by atoms with Crippen LogP contribution in [0.25, 0.3) is 11.0 Å². The summed E-state index contributed by atoms with van der Waals surface area (Å²) < 4.78 is 11.2. The number of hydrogen-bond donors (Lipinski definition) is 0. The summed E-state index contributed by atoms with van der Waals surface area (Å²) >= 11 is 0. The molecule has 1 aliphatic heterocycles. The van der Waals surface area contributed by atoms with Gasteiger partial charge in [0.25, 0.3) is 0 Å². The van der Waals surface area contributed by atoms with Crippen molar-refractivity contribution in [2.45, 2.75) is 45.4 Å². The number of nitro groups is 1. The van der Waals surface area contributed by atoms with Crippen LogP contribution in [-0.4, -0.2) is 43.8 Å². The number of piperidine rings is 1. The van der Waals surface area contributed by atoms with Crippen molar-refractivity contribution in [2.24, 2.45) is 5.16 Å². The lowest BCUT2D eigenvalue weighted by molar-refractivity contribution is -0.385. The zero-order valence-corrected chi connectivity index (χ0v) is 20.1. The van der Waals surface area contributed by atoms with Crippen molar-refractivity contribution in [3.05, 3.63) is 64.2 Å². The Balaban J connectivity index is 1.33. The molecule has 1 saturated heterocycles. The molecule has 12 nitrogen and oxygen atoms in total. The molecule has 186 valence electrons. The van der Waals surface area contributed by atoms with E-state index in [0.717, 1.165) is 5.39 Å². The predicted octanol–water partition coefficient (Wildman–Crippen LogP) is 4.82. The highest BCUT2D eigenvalue weighted by atomic mass is 16.7. The molecule has 5 rings (SSSR count). The first-order valence-corrected chi connectivity index (χ1v) is 11.7. The third-order valence-electron chi connectivity index (χ3n) is 6.12. The summed E-state index contributed by atoms with van der Waals surface area (Å²) in [5.74, 6) is 2.01. The highest BCUT2D eigenvalue weighted by Crippen LogP contribution is 2.37. The smallest absolute Gasteiger partial charge is 0.375 e. The molecule has 0 amide bonds. The number of oxime groups is 1. The number of rotatable bonds is 7. The standard InChI is InChI=1S/C24H25N7O5/c1-14(2)21-27-23(35-29-21)16-8-10-30(11-9-16)22-20(31(32)33)24(26-13-25-22)36-28-15(3)19-12-17-6-4-5-7-18(17)34-19/h4-7,12-14,16H,8-11H2,1-3H3/b28-15-. The monoisotopic (exact) mass is 491 g/mol. The van der Waals surface area contributed by atoms with Gasteiger partial charge in [-0.2, -0.15) is 9.97 Å². The van der Waals surface area contributed by atoms with Crippen LogP contribution >= 0.6 is 0 Å². The van der Waals surface area contributed by atoms with Gasteiger partial charge in [0.2, 0.25) is 11.7 Å². The topological polar surface area (TPSA) is 146 Å². The summed E-state index contributed by atoms with van der Waals surface area (Å²) in [6.45, 7) is 6.77. The van der Waals surface area contributed by atoms with Gasteiger partial charge in [0.05, 0.1) is 4.92 Å². The van der Waals surface area contributed by atoms with E-state index in [4.69, 9.17) is 13.8 Å². The minimum Gasteiger partial charge on any atom is -0.455 e. The fraction of sp³-hybridized carbons (Fsp3) is 0.375. The minimum atomic E-state index is -0.546. The Bertz CT molecular complexity index is 1390. The molecule has 1 aliphatic rings. The minimum absolute atomic E-state index is 0.0916. The van der Waals surface area contributed by atoms with E-state index in [1.165, 1.54) is 6.33 Å². The fourth-order valence-electron chi connectivity index (χ4n) is 4.11. The molecule has 0 radical (unpaired) electrons. The number of benzene rings is 1. The Morgan fingerprint density at radius 1 is 1.25 bits per heavy atom. The molecule has 1 aromatic carbocycles. The first kappa shape index (κ1) is 23.4. The van der Waals surface area contributed by atoms with E-state index in [1.807, 2.05) is 49.1 Å². The zero-order valence-electron chi connectivity index (χ0n) is 20.1. The predicted molar refractivity (Wildman–Crippen MR) is 130 cm³/mol. The van der Waals surface area contributed by atoms with Crippen molar-refractivity contribution in [2.75, 3.05) is 18.0 Å². The first-order valence-electron chi connectivity index (χ1n) is 11.7. The first-order chi connectivity index (χ1) is 17.4. The van der Waals surface area contributed by atoms with Crippen molar-refractivity contribution in [1.29, 1.82) is 0 Å². The SMILES string of the molecule is C/C(=N/Oc1ncnc(N2CCC(c3nc(C(C)C)no3)CC2)c1[N+](=O)[O-])c1cc2ccccc2o1. The third kappa shape index (κ3) is 4.61. The lowest BCUT2D eigenvalue weighted by Crippen LogP contribution is -2.34. The number of hydrogen-bond acceptors (Lipinski definition) is 11. The molecule has 1 fully saturated rings. The summed E-state index contributed by atoms with van der Waals surface area (Å²) in [7, 11) is 0. The van der Waals surface area contributed by atoms with Gasteiger partial charge >= 0.3 is 11.6 Å². The van der Waals surface area contributed by atoms with Gasteiger partial charge in [-0.3, -0.25) is 10.1 Å². The van der Waals surface area contributed by atoms with Crippen molar-refractivity contribution < 1.29 is 18.7 Å². The van der Waals surface area contributed by atoms with E-state index in [-0.39, 0.29) is 29.2 Å². The molecule has 3 aromatic heterocycles. The fourth-order valence-corrected chi connectivity index (χ4v) is 4.11. The Morgan fingerprint density at radius 3 is 2.72 bits per heavy atom. The Kier molecular flexibility index (Phi) is 6.32. The molecule has 4 aromatic rings. The maximum absolute atomic E-state index is 12.0. The number of fused-ring (bicyclic) bond motifs is 1. The summed E-state index contributed by atoms with van der Waals surface area (Å²) in [6, 6.07) is 9.37. The van der Waals surface area contributed by atoms with E-state index in [0.29, 0.717) is 54.7 Å². The number of para-hydroxylation sites is 1. The molecule has 0 N–H and O–H groups in total. The van der Waals surface area contributed by atoms with Crippen molar-refractivity contribution >= 4 is 28.2 Å². The van der Waals surface area contributed by atoms with E-state index in [1.54, 1.807) is 6.92 Å². The van der Waals surface area contributed by atoms with Gasteiger partial charge < -0.3 is 18.7 Å². The van der Waals surface area contributed by atoms with Gasteiger partial charge in [0.1, 0.15) is 17.6 Å². The van der Waals surface area contributed by atoms with E-state index in [2.05, 4.69) is 25.3 Å². The quantitative estimate of drug-likeness (QED) is 0.200. The van der Waals surface area contributed by atoms with Gasteiger partial charge in [-0.15, -0.1) is 0 Å². The highest BCUT2D eigenvalue weighted by Gasteiger charge is 2.33. The average molecular weight is 492 g/mol. The van der Waals surface area contributed by atoms with E-state index >= 15 is 0 Å². The molecule has 0 bridgehead atoms. The van der Waals surface area contributed by atoms with Crippen LogP contribution in [-0.2, 0) is 0 Å². The molecule has 12 heteroatoms. The van der Waals surface area contributed by atoms with Crippen LogP contribution in [0.5, 0.6) is 5.88 Å². The number of aromatic nitrogens is 4. The molecule has 36 heavy (non-hydrogen) atoms. The molecule has 0 saturated carbocycles. The van der Waals surface area contributed by atoms with Crippen LogP contribution in [0.15, 0.2) is 50.8 Å². The molecule has 0 spiro atoms. The van der Waals surface area contributed by atoms with Crippen LogP contribution in [0, 0.1) is 10.1 Å².